The van der Waals surface area contributed by atoms with Gasteiger partial charge in [-0.3, -0.25) is 4.79 Å². The molecule has 2 aromatic rings. The summed E-state index contributed by atoms with van der Waals surface area (Å²) in [5.41, 5.74) is 2.68. The van der Waals surface area contributed by atoms with E-state index in [4.69, 9.17) is 4.52 Å². The Labute approximate surface area is 142 Å². The highest BCUT2D eigenvalue weighted by Gasteiger charge is 2.26. The van der Waals surface area contributed by atoms with Crippen LogP contribution in [0.4, 0.5) is 0 Å². The molecule has 0 aliphatic carbocycles. The van der Waals surface area contributed by atoms with E-state index in [1.807, 2.05) is 17.9 Å². The summed E-state index contributed by atoms with van der Waals surface area (Å²) in [6, 6.07) is 2.20. The monoisotopic (exact) mass is 338 g/mol. The summed E-state index contributed by atoms with van der Waals surface area (Å²) in [6.07, 6.45) is 0. The molecule has 1 atom stereocenters. The Kier molecular flexibility index (Phi) is 5.26. The second kappa shape index (κ2) is 6.84. The minimum atomic E-state index is 0. The van der Waals surface area contributed by atoms with E-state index in [0.717, 1.165) is 17.6 Å². The molecule has 0 radical (unpaired) electrons. The van der Waals surface area contributed by atoms with E-state index in [9.17, 15) is 4.79 Å². The second-order valence-electron chi connectivity index (χ2n) is 6.30. The van der Waals surface area contributed by atoms with E-state index < -0.39 is 0 Å². The highest BCUT2D eigenvalue weighted by Crippen LogP contribution is 2.26. The zero-order chi connectivity index (χ0) is 15.9. The average molecular weight is 339 g/mol. The van der Waals surface area contributed by atoms with Crippen molar-refractivity contribution in [1.82, 2.24) is 20.4 Å². The largest absolute Gasteiger partial charge is 0.336 e. The Bertz CT molecular complexity index is 713. The number of halogens is 1. The second-order valence-corrected chi connectivity index (χ2v) is 6.30. The standard InChI is InChI=1S/C16H22N4O2.ClH/c1-9(2)13-7-12(14-11(4)19-22-15(14)18-13)16(21)20-6-5-17-10(3)8-20;/h7,9-10,17H,5-6,8H2,1-4H3;1H. The quantitative estimate of drug-likeness (QED) is 0.911. The minimum Gasteiger partial charge on any atom is -0.336 e. The van der Waals surface area contributed by atoms with Gasteiger partial charge in [0.15, 0.2) is 0 Å². The third-order valence-corrected chi connectivity index (χ3v) is 4.11. The average Bonchev–Trinajstić information content (AvgIpc) is 2.87. The lowest BCUT2D eigenvalue weighted by Gasteiger charge is -2.32. The Balaban J connectivity index is 0.00000192. The molecule has 3 heterocycles. The molecule has 0 spiro atoms. The first-order chi connectivity index (χ1) is 10.5. The van der Waals surface area contributed by atoms with Gasteiger partial charge in [0.1, 0.15) is 0 Å². The number of rotatable bonds is 2. The van der Waals surface area contributed by atoms with Gasteiger partial charge in [-0.2, -0.15) is 0 Å². The fourth-order valence-electron chi connectivity index (χ4n) is 2.87. The van der Waals surface area contributed by atoms with Crippen LogP contribution in [0.1, 0.15) is 48.4 Å². The van der Waals surface area contributed by atoms with Crippen molar-refractivity contribution in [3.63, 3.8) is 0 Å². The molecular formula is C16H23ClN4O2. The molecule has 1 amide bonds. The molecule has 1 fully saturated rings. The fraction of sp³-hybridized carbons (Fsp3) is 0.562. The SMILES string of the molecule is Cc1noc2nc(C(C)C)cc(C(=O)N3CCNC(C)C3)c12.Cl. The van der Waals surface area contributed by atoms with Crippen molar-refractivity contribution in [2.24, 2.45) is 0 Å². The van der Waals surface area contributed by atoms with Crippen molar-refractivity contribution in [2.45, 2.75) is 39.7 Å². The van der Waals surface area contributed by atoms with E-state index in [0.29, 0.717) is 36.1 Å². The topological polar surface area (TPSA) is 71.3 Å². The number of carbonyl (C=O) groups excluding carboxylic acids is 1. The van der Waals surface area contributed by atoms with Crippen molar-refractivity contribution in [3.8, 4) is 0 Å². The Morgan fingerprint density at radius 1 is 1.48 bits per heavy atom. The van der Waals surface area contributed by atoms with E-state index >= 15 is 0 Å². The van der Waals surface area contributed by atoms with Crippen LogP contribution in [-0.2, 0) is 0 Å². The van der Waals surface area contributed by atoms with Gasteiger partial charge in [-0.05, 0) is 25.8 Å². The molecule has 0 saturated carbocycles. The molecule has 1 unspecified atom stereocenters. The summed E-state index contributed by atoms with van der Waals surface area (Å²) in [7, 11) is 0. The number of fused-ring (bicyclic) bond motifs is 1. The molecule has 126 valence electrons. The number of amides is 1. The van der Waals surface area contributed by atoms with Gasteiger partial charge in [0.2, 0.25) is 0 Å². The molecule has 1 aliphatic rings. The Morgan fingerprint density at radius 3 is 2.87 bits per heavy atom. The molecular weight excluding hydrogens is 316 g/mol. The highest BCUT2D eigenvalue weighted by molar-refractivity contribution is 6.06. The van der Waals surface area contributed by atoms with Crippen LogP contribution in [0.15, 0.2) is 10.6 Å². The summed E-state index contributed by atoms with van der Waals surface area (Å²) < 4.78 is 5.29. The number of carbonyl (C=O) groups is 1. The number of hydrogen-bond acceptors (Lipinski definition) is 5. The molecule has 1 N–H and O–H groups in total. The molecule has 23 heavy (non-hydrogen) atoms. The van der Waals surface area contributed by atoms with Crippen LogP contribution >= 0.6 is 12.4 Å². The van der Waals surface area contributed by atoms with E-state index in [1.54, 1.807) is 0 Å². The molecule has 7 heteroatoms. The number of aryl methyl sites for hydroxylation is 1. The summed E-state index contributed by atoms with van der Waals surface area (Å²) in [4.78, 5) is 19.4. The van der Waals surface area contributed by atoms with Crippen LogP contribution in [0, 0.1) is 6.92 Å². The number of piperazine rings is 1. The van der Waals surface area contributed by atoms with Gasteiger partial charge in [0, 0.05) is 31.4 Å². The first kappa shape index (κ1) is 17.7. The van der Waals surface area contributed by atoms with Crippen LogP contribution in [0.25, 0.3) is 11.1 Å². The van der Waals surface area contributed by atoms with Crippen molar-refractivity contribution in [1.29, 1.82) is 0 Å². The van der Waals surface area contributed by atoms with Gasteiger partial charge >= 0.3 is 0 Å². The van der Waals surface area contributed by atoms with E-state index in [1.165, 1.54) is 0 Å². The molecule has 6 nitrogen and oxygen atoms in total. The summed E-state index contributed by atoms with van der Waals surface area (Å²) >= 11 is 0. The third-order valence-electron chi connectivity index (χ3n) is 4.11. The first-order valence-electron chi connectivity index (χ1n) is 7.77. The van der Waals surface area contributed by atoms with Gasteiger partial charge in [-0.15, -0.1) is 12.4 Å². The lowest BCUT2D eigenvalue weighted by atomic mass is 10.0. The van der Waals surface area contributed by atoms with E-state index in [2.05, 4.69) is 36.2 Å². The Morgan fingerprint density at radius 2 is 2.22 bits per heavy atom. The summed E-state index contributed by atoms with van der Waals surface area (Å²) in [5.74, 6) is 0.261. The number of hydrogen-bond donors (Lipinski definition) is 1. The third kappa shape index (κ3) is 3.33. The zero-order valence-electron chi connectivity index (χ0n) is 13.9. The molecule has 2 aromatic heterocycles. The zero-order valence-corrected chi connectivity index (χ0v) is 14.7. The number of aromatic nitrogens is 2. The lowest BCUT2D eigenvalue weighted by Crippen LogP contribution is -2.51. The van der Waals surface area contributed by atoms with E-state index in [-0.39, 0.29) is 24.2 Å². The van der Waals surface area contributed by atoms with Gasteiger partial charge in [-0.25, -0.2) is 4.98 Å². The van der Waals surface area contributed by atoms with Crippen LogP contribution < -0.4 is 5.32 Å². The molecule has 1 aliphatic heterocycles. The maximum absolute atomic E-state index is 13.0. The predicted molar refractivity (Wildman–Crippen MR) is 91.2 cm³/mol. The minimum absolute atomic E-state index is 0. The molecule has 1 saturated heterocycles. The molecule has 0 bridgehead atoms. The normalized spacial score (nSPS) is 18.3. The van der Waals surface area contributed by atoms with Crippen molar-refractivity contribution < 1.29 is 9.32 Å². The lowest BCUT2D eigenvalue weighted by molar-refractivity contribution is 0.0711. The summed E-state index contributed by atoms with van der Waals surface area (Å²) in [6.45, 7) is 10.3. The fourth-order valence-corrected chi connectivity index (χ4v) is 2.87. The van der Waals surface area contributed by atoms with Crippen LogP contribution in [0.2, 0.25) is 0 Å². The van der Waals surface area contributed by atoms with Crippen LogP contribution in [0.3, 0.4) is 0 Å². The maximum atomic E-state index is 13.0. The smallest absolute Gasteiger partial charge is 0.259 e. The van der Waals surface area contributed by atoms with Crippen molar-refractivity contribution in [2.75, 3.05) is 19.6 Å². The highest BCUT2D eigenvalue weighted by atomic mass is 35.5. The van der Waals surface area contributed by atoms with Gasteiger partial charge in [-0.1, -0.05) is 19.0 Å². The molecule has 0 aromatic carbocycles. The first-order valence-corrected chi connectivity index (χ1v) is 7.77. The number of nitrogens with one attached hydrogen (secondary N) is 1. The van der Waals surface area contributed by atoms with Crippen molar-refractivity contribution in [3.05, 3.63) is 23.0 Å². The van der Waals surface area contributed by atoms with Crippen LogP contribution in [-0.4, -0.2) is 46.6 Å². The Hall–Kier alpha value is -1.66. The van der Waals surface area contributed by atoms with Gasteiger partial charge < -0.3 is 14.7 Å². The predicted octanol–water partition coefficient (Wildman–Crippen LogP) is 2.51. The molecule has 3 rings (SSSR count). The van der Waals surface area contributed by atoms with Crippen LogP contribution in [0.5, 0.6) is 0 Å². The number of nitrogens with zero attached hydrogens (tertiary/aromatic N) is 3. The van der Waals surface area contributed by atoms with Gasteiger partial charge in [0.25, 0.3) is 11.6 Å². The van der Waals surface area contributed by atoms with Gasteiger partial charge in [0.05, 0.1) is 16.6 Å². The maximum Gasteiger partial charge on any atom is 0.259 e. The van der Waals surface area contributed by atoms with Crippen molar-refractivity contribution >= 4 is 29.4 Å². The number of pyridine rings is 1. The summed E-state index contributed by atoms with van der Waals surface area (Å²) in [5, 5.41) is 8.07.